The molecule has 0 aliphatic carbocycles. The average molecular weight is 1470 g/mol. The van der Waals surface area contributed by atoms with Gasteiger partial charge in [0, 0.05) is 46.6 Å². The number of aliphatic hydroxyl groups is 3. The Morgan fingerprint density at radius 1 is 0.337 bits per heavy atom. The fourth-order valence-electron chi connectivity index (χ4n) is 11.3. The van der Waals surface area contributed by atoms with Gasteiger partial charge in [-0.05, 0) is 97.4 Å². The van der Waals surface area contributed by atoms with Crippen molar-refractivity contribution in [1.29, 1.82) is 0 Å². The van der Waals surface area contributed by atoms with Crippen LogP contribution in [0.15, 0.2) is 273 Å². The summed E-state index contributed by atoms with van der Waals surface area (Å²) in [5.74, 6) is 5.00. The zero-order valence-electron chi connectivity index (χ0n) is 58.5. The molecular weight excluding hydrogens is 1370 g/mol. The second-order valence-corrected chi connectivity index (χ2v) is 33.2. The molecule has 0 heterocycles. The molecule has 0 bridgehead atoms. The first kappa shape index (κ1) is 84.1. The van der Waals surface area contributed by atoms with Crippen molar-refractivity contribution < 1.29 is 29.3 Å². The molecule has 526 valence electrons. The molecule has 1 atom stereocenters. The normalized spacial score (nSPS) is 11.8. The zero-order valence-corrected chi connectivity index (χ0v) is 65.2. The highest BCUT2D eigenvalue weighted by molar-refractivity contribution is 8.77. The van der Waals surface area contributed by atoms with Crippen molar-refractivity contribution in [3.8, 4) is 0 Å². The molecule has 3 N–H and O–H groups in total. The molecule has 1 unspecified atom stereocenters. The maximum Gasteiger partial charge on any atom is 0.200 e. The van der Waals surface area contributed by atoms with E-state index in [4.69, 9.17) is 40.9 Å². The first-order valence-corrected chi connectivity index (χ1v) is 43.6. The Balaban J connectivity index is 0.000000246. The summed E-state index contributed by atoms with van der Waals surface area (Å²) in [6.45, 7) is 24.1. The van der Waals surface area contributed by atoms with Crippen LogP contribution in [0.1, 0.15) is 98.5 Å². The lowest BCUT2D eigenvalue weighted by molar-refractivity contribution is 0.0233. The number of benzene rings is 9. The summed E-state index contributed by atoms with van der Waals surface area (Å²) in [4.78, 5) is 1.73. The summed E-state index contributed by atoms with van der Waals surface area (Å²) < 4.78 is 22.3. The number of nitrogens with zero attached hydrogens (tertiary/aromatic N) is 2. The van der Waals surface area contributed by atoms with E-state index in [2.05, 4.69) is 265 Å². The van der Waals surface area contributed by atoms with E-state index < -0.39 is 24.4 Å². The van der Waals surface area contributed by atoms with Gasteiger partial charge < -0.3 is 29.7 Å². The van der Waals surface area contributed by atoms with Gasteiger partial charge >= 0.3 is 0 Å². The van der Waals surface area contributed by atoms with Crippen LogP contribution in [0.25, 0.3) is 0 Å². The molecule has 0 radical (unpaired) electrons. The topological polar surface area (TPSA) is 94.9 Å². The summed E-state index contributed by atoms with van der Waals surface area (Å²) in [5.41, 5.74) is 8.75. The molecule has 0 fully saturated rings. The van der Waals surface area contributed by atoms with Gasteiger partial charge in [-0.15, -0.1) is 11.6 Å². The van der Waals surface area contributed by atoms with Crippen molar-refractivity contribution in [3.63, 3.8) is 0 Å². The molecule has 9 aromatic carbocycles. The summed E-state index contributed by atoms with van der Waals surface area (Å²) in [6.07, 6.45) is 0. The Kier molecular flexibility index (Phi) is 42.9. The van der Waals surface area contributed by atoms with Crippen LogP contribution in [-0.4, -0.2) is 137 Å². The zero-order chi connectivity index (χ0) is 70.4. The first-order valence-electron chi connectivity index (χ1n) is 33.9. The van der Waals surface area contributed by atoms with Gasteiger partial charge in [-0.3, -0.25) is 0 Å². The molecule has 0 aromatic heterocycles. The third kappa shape index (κ3) is 27.3. The van der Waals surface area contributed by atoms with Crippen molar-refractivity contribution in [1.82, 2.24) is 9.57 Å². The van der Waals surface area contributed by atoms with Gasteiger partial charge in [-0.25, -0.2) is 4.52 Å². The van der Waals surface area contributed by atoms with Crippen LogP contribution in [0.2, 0.25) is 0 Å². The molecule has 0 saturated heterocycles. The van der Waals surface area contributed by atoms with Crippen LogP contribution in [-0.2, 0) is 30.1 Å². The summed E-state index contributed by atoms with van der Waals surface area (Å²) >= 11 is 7.12. The average Bonchev–Trinajstić information content (AvgIpc) is 0.370. The minimum atomic E-state index is -0.948. The molecular formula is C82H105ClN2O6PS6+. The quantitative estimate of drug-likeness (QED) is 0.0114. The number of ether oxygens (including phenoxy) is 2. The molecule has 0 saturated carbocycles. The molecule has 0 aliphatic rings. The van der Waals surface area contributed by atoms with Crippen molar-refractivity contribution >= 4 is 84.7 Å². The van der Waals surface area contributed by atoms with E-state index in [1.165, 1.54) is 19.6 Å². The third-order valence-electron chi connectivity index (χ3n) is 15.6. The second kappa shape index (κ2) is 49.9. The van der Waals surface area contributed by atoms with E-state index in [-0.39, 0.29) is 19.8 Å². The van der Waals surface area contributed by atoms with Gasteiger partial charge in [0.2, 0.25) is 0 Å². The van der Waals surface area contributed by atoms with Crippen LogP contribution in [0.4, 0.5) is 0 Å². The Morgan fingerprint density at radius 2 is 0.541 bits per heavy atom. The Morgan fingerprint density at radius 3 is 0.735 bits per heavy atom. The number of alkyl halides is 1. The SMILES string of the molecule is CC(C)N(C(C)C)[PH+](C)OCCSSCCOC(c1ccccc1)(c1ccccc1)c1ccccc1.CCN(CC)CC.ClC(c1ccccc1)(c1ccccc1)c1ccccc1.OCCSSCCO.OCCSSCCOC(c1ccccc1)(c1ccccc1)c1ccccc1. The molecule has 98 heavy (non-hydrogen) atoms. The summed E-state index contributed by atoms with van der Waals surface area (Å²) in [5, 5.41) is 25.5. The van der Waals surface area contributed by atoms with E-state index in [0.29, 0.717) is 25.3 Å². The highest BCUT2D eigenvalue weighted by Crippen LogP contribution is 2.45. The Bertz CT molecular complexity index is 3040. The lowest BCUT2D eigenvalue weighted by Gasteiger charge is -2.36. The first-order chi connectivity index (χ1) is 47.9. The van der Waals surface area contributed by atoms with E-state index in [1.807, 2.05) is 94.4 Å². The van der Waals surface area contributed by atoms with Crippen molar-refractivity contribution in [2.75, 3.05) is 100 Å². The van der Waals surface area contributed by atoms with Crippen LogP contribution < -0.4 is 0 Å². The molecule has 9 aromatic rings. The minimum absolute atomic E-state index is 0.209. The number of hydrogen-bond acceptors (Lipinski definition) is 14. The fraction of sp³-hybridized carbons (Fsp3) is 0.341. The highest BCUT2D eigenvalue weighted by atomic mass is 35.5. The Labute approximate surface area is 618 Å². The largest absolute Gasteiger partial charge is 0.395 e. The van der Waals surface area contributed by atoms with Gasteiger partial charge in [-0.1, -0.05) is 359 Å². The highest BCUT2D eigenvalue weighted by Gasteiger charge is 2.39. The minimum Gasteiger partial charge on any atom is -0.395 e. The fourth-order valence-corrected chi connectivity index (χ4v) is 18.6. The number of halogens is 1. The number of aliphatic hydroxyl groups excluding tert-OH is 3. The second-order valence-electron chi connectivity index (χ2n) is 22.7. The van der Waals surface area contributed by atoms with Gasteiger partial charge in [0.15, 0.2) is 8.30 Å². The standard InChI is InChI=1S/C30H40NO2PS2.C23H24O2S2.C19H15Cl.C6H15N.C4H10O2S2/c1-25(2)31(26(3)4)34(5)33-22-24-36-35-23-21-32-30(27-15-9-6-10-16-27,28-17-11-7-12-18-28)29-19-13-8-14-20-29;24-16-18-26-27-19-17-25-23(20-10-4-1-5-11-20,21-12-6-2-7-13-21)22-14-8-3-9-15-22;20-19(16-10-4-1-5-11-16,17-12-6-2-7-13-17)18-14-8-3-9-15-18;1-4-7(5-2)6-3;5-1-3-7-8-4-2-6/h6-20,25-26H,21-24H2,1-5H3;1-15,24H,16-19H2;1-15H;4-6H2,1-3H3;5-6H,1-4H2/p+1. The number of rotatable bonds is 36. The van der Waals surface area contributed by atoms with Gasteiger partial charge in [-0.2, -0.15) is 4.67 Å². The van der Waals surface area contributed by atoms with Crippen molar-refractivity contribution in [3.05, 3.63) is 323 Å². The summed E-state index contributed by atoms with van der Waals surface area (Å²) in [7, 11) is 9.37. The monoisotopic (exact) mass is 1470 g/mol. The molecule has 9 rings (SSSR count). The summed E-state index contributed by atoms with van der Waals surface area (Å²) in [6, 6.07) is 94.7. The molecule has 8 nitrogen and oxygen atoms in total. The van der Waals surface area contributed by atoms with Crippen LogP contribution in [0.5, 0.6) is 0 Å². The third-order valence-corrected chi connectivity index (χ3v) is 25.7. The van der Waals surface area contributed by atoms with Crippen LogP contribution in [0, 0.1) is 0 Å². The van der Waals surface area contributed by atoms with E-state index in [1.54, 1.807) is 43.2 Å². The van der Waals surface area contributed by atoms with E-state index in [0.717, 1.165) is 91.2 Å². The Hall–Kier alpha value is -4.52. The van der Waals surface area contributed by atoms with Gasteiger partial charge in [0.25, 0.3) is 0 Å². The molecule has 16 heteroatoms. The smallest absolute Gasteiger partial charge is 0.200 e. The maximum absolute atomic E-state index is 8.93. The van der Waals surface area contributed by atoms with E-state index in [9.17, 15) is 0 Å². The molecule has 0 aliphatic heterocycles. The van der Waals surface area contributed by atoms with Crippen LogP contribution in [0.3, 0.4) is 0 Å². The van der Waals surface area contributed by atoms with E-state index >= 15 is 0 Å². The number of hydrogen-bond donors (Lipinski definition) is 3. The van der Waals surface area contributed by atoms with Gasteiger partial charge in [0.1, 0.15) is 22.7 Å². The van der Waals surface area contributed by atoms with Crippen LogP contribution >= 0.6 is 84.7 Å². The predicted octanol–water partition coefficient (Wildman–Crippen LogP) is 20.5. The van der Waals surface area contributed by atoms with Gasteiger partial charge in [0.05, 0.1) is 39.7 Å². The van der Waals surface area contributed by atoms with Crippen molar-refractivity contribution in [2.24, 2.45) is 0 Å². The molecule has 0 spiro atoms. The lowest BCUT2D eigenvalue weighted by Crippen LogP contribution is -2.33. The lowest BCUT2D eigenvalue weighted by atomic mass is 9.80. The van der Waals surface area contributed by atoms with Crippen molar-refractivity contribution in [2.45, 2.75) is 76.6 Å². The molecule has 0 amide bonds. The maximum atomic E-state index is 8.93. The predicted molar refractivity (Wildman–Crippen MR) is 437 cm³/mol.